The van der Waals surface area contributed by atoms with Crippen molar-refractivity contribution in [3.05, 3.63) is 50.9 Å². The van der Waals surface area contributed by atoms with Gasteiger partial charge in [0.1, 0.15) is 37.6 Å². The van der Waals surface area contributed by atoms with Crippen LogP contribution in [0.4, 0.5) is 0 Å². The monoisotopic (exact) mass is 370 g/mol. The zero-order chi connectivity index (χ0) is 18.3. The lowest BCUT2D eigenvalue weighted by Gasteiger charge is -2.26. The minimum absolute atomic E-state index is 0.0101. The molecule has 2 aromatic heterocycles. The molecule has 0 unspecified atom stereocenters. The molecule has 3 heterocycles. The summed E-state index contributed by atoms with van der Waals surface area (Å²) in [7, 11) is 2.24. The number of likely N-dealkylation sites (N-methyl/N-ethyl adjacent to an activating group) is 1. The van der Waals surface area contributed by atoms with Gasteiger partial charge < -0.3 is 14.8 Å². The number of piperazine rings is 1. The fourth-order valence-corrected chi connectivity index (χ4v) is 4.82. The van der Waals surface area contributed by atoms with Gasteiger partial charge in [-0.05, 0) is 19.4 Å². The van der Waals surface area contributed by atoms with E-state index in [1.54, 1.807) is 16.2 Å². The van der Waals surface area contributed by atoms with Crippen LogP contribution < -0.4 is 15.4 Å². The summed E-state index contributed by atoms with van der Waals surface area (Å²) in [4.78, 5) is 25.8. The Bertz CT molecular complexity index is 981. The van der Waals surface area contributed by atoms with E-state index in [4.69, 9.17) is 4.98 Å². The van der Waals surface area contributed by atoms with Crippen molar-refractivity contribution in [2.75, 3.05) is 33.2 Å². The lowest BCUT2D eigenvalue weighted by atomic mass is 10.0. The number of H-pyrrole nitrogens is 1. The molecule has 0 amide bonds. The zero-order valence-electron chi connectivity index (χ0n) is 15.6. The van der Waals surface area contributed by atoms with Crippen molar-refractivity contribution in [3.8, 4) is 11.1 Å². The van der Waals surface area contributed by atoms with Gasteiger partial charge in [-0.25, -0.2) is 4.98 Å². The first-order valence-corrected chi connectivity index (χ1v) is 10.1. The van der Waals surface area contributed by atoms with Crippen LogP contribution >= 0.6 is 11.3 Å². The predicted octanol–water partition coefficient (Wildman–Crippen LogP) is 0.182. The zero-order valence-corrected chi connectivity index (χ0v) is 16.4. The van der Waals surface area contributed by atoms with Gasteiger partial charge in [-0.15, -0.1) is 11.3 Å². The molecular weight excluding hydrogens is 344 g/mol. The highest BCUT2D eigenvalue weighted by molar-refractivity contribution is 7.19. The molecule has 0 spiro atoms. The van der Waals surface area contributed by atoms with Crippen LogP contribution in [0.3, 0.4) is 0 Å². The van der Waals surface area contributed by atoms with E-state index >= 15 is 0 Å². The average molecular weight is 371 g/mol. The van der Waals surface area contributed by atoms with E-state index in [0.29, 0.717) is 0 Å². The van der Waals surface area contributed by atoms with Crippen molar-refractivity contribution >= 4 is 21.6 Å². The van der Waals surface area contributed by atoms with Crippen molar-refractivity contribution in [1.29, 1.82) is 0 Å². The Morgan fingerprint density at radius 2 is 1.81 bits per heavy atom. The lowest BCUT2D eigenvalue weighted by molar-refractivity contribution is -1.01. The Hall–Kier alpha value is -2.02. The van der Waals surface area contributed by atoms with E-state index in [1.807, 2.05) is 0 Å². The second kappa shape index (κ2) is 6.95. The molecule has 136 valence electrons. The number of aromatic amines is 1. The van der Waals surface area contributed by atoms with Gasteiger partial charge in [0, 0.05) is 10.4 Å². The Labute approximate surface area is 157 Å². The third-order valence-corrected chi connectivity index (χ3v) is 6.35. The number of hydrogen-bond donors (Lipinski definition) is 3. The maximum Gasteiger partial charge on any atom is 0.260 e. The number of fused-ring (bicyclic) bond motifs is 1. The highest BCUT2D eigenvalue weighted by Gasteiger charge is 2.22. The van der Waals surface area contributed by atoms with E-state index < -0.39 is 0 Å². The maximum absolute atomic E-state index is 12.9. The summed E-state index contributed by atoms with van der Waals surface area (Å²) in [5.74, 6) is 0.814. The SMILES string of the molecule is Cc1ccc(-c2c(C)sc3nc(C[NH+]4CC[NH+](C)CC4)[nH]c(=O)c23)cc1. The topological polar surface area (TPSA) is 54.6 Å². The predicted molar refractivity (Wildman–Crippen MR) is 106 cm³/mol. The maximum atomic E-state index is 12.9. The summed E-state index contributed by atoms with van der Waals surface area (Å²) in [5.41, 5.74) is 3.33. The van der Waals surface area contributed by atoms with Crippen LogP contribution in [0.25, 0.3) is 21.3 Å². The lowest BCUT2D eigenvalue weighted by Crippen LogP contribution is -3.26. The molecule has 26 heavy (non-hydrogen) atoms. The van der Waals surface area contributed by atoms with Crippen LogP contribution in [-0.2, 0) is 6.54 Å². The summed E-state index contributed by atoms with van der Waals surface area (Å²) in [5, 5.41) is 0.734. The molecule has 5 nitrogen and oxygen atoms in total. The number of rotatable bonds is 3. The largest absolute Gasteiger partial charge is 0.328 e. The van der Waals surface area contributed by atoms with Gasteiger partial charge in [-0.2, -0.15) is 0 Å². The van der Waals surface area contributed by atoms with E-state index in [0.717, 1.165) is 51.7 Å². The van der Waals surface area contributed by atoms with Crippen molar-refractivity contribution in [2.45, 2.75) is 20.4 Å². The molecule has 0 radical (unpaired) electrons. The highest BCUT2D eigenvalue weighted by Crippen LogP contribution is 2.35. The van der Waals surface area contributed by atoms with Crippen molar-refractivity contribution in [2.24, 2.45) is 0 Å². The van der Waals surface area contributed by atoms with Crippen LogP contribution in [0.2, 0.25) is 0 Å². The molecule has 0 aliphatic carbocycles. The number of benzene rings is 1. The number of aryl methyl sites for hydroxylation is 2. The molecule has 1 aliphatic heterocycles. The summed E-state index contributed by atoms with van der Waals surface area (Å²) in [6.45, 7) is 9.57. The summed E-state index contributed by atoms with van der Waals surface area (Å²) in [6.07, 6.45) is 0. The fraction of sp³-hybridized carbons (Fsp3) is 0.400. The normalized spacial score (nSPS) is 20.6. The molecule has 0 saturated carbocycles. The van der Waals surface area contributed by atoms with Gasteiger partial charge in [0.05, 0.1) is 12.4 Å². The van der Waals surface area contributed by atoms with E-state index in [2.05, 4.69) is 50.1 Å². The Kier molecular flexibility index (Phi) is 4.65. The molecular formula is C20H26N4OS+2. The molecule has 1 aromatic carbocycles. The van der Waals surface area contributed by atoms with Gasteiger partial charge >= 0.3 is 0 Å². The van der Waals surface area contributed by atoms with Crippen molar-refractivity contribution in [3.63, 3.8) is 0 Å². The minimum Gasteiger partial charge on any atom is -0.328 e. The first-order chi connectivity index (χ1) is 12.5. The minimum atomic E-state index is -0.0101. The molecule has 4 rings (SSSR count). The molecule has 1 fully saturated rings. The summed E-state index contributed by atoms with van der Waals surface area (Å²) in [6, 6.07) is 8.36. The van der Waals surface area contributed by atoms with Gasteiger partial charge in [-0.1, -0.05) is 29.8 Å². The second-order valence-electron chi connectivity index (χ2n) is 7.48. The van der Waals surface area contributed by atoms with E-state index in [1.165, 1.54) is 23.6 Å². The van der Waals surface area contributed by atoms with Crippen LogP contribution in [-0.4, -0.2) is 43.2 Å². The first-order valence-electron chi connectivity index (χ1n) is 9.25. The number of hydrogen-bond acceptors (Lipinski definition) is 3. The molecule has 3 aromatic rings. The summed E-state index contributed by atoms with van der Waals surface area (Å²) >= 11 is 1.62. The summed E-state index contributed by atoms with van der Waals surface area (Å²) < 4.78 is 0. The smallest absolute Gasteiger partial charge is 0.260 e. The Morgan fingerprint density at radius 1 is 1.12 bits per heavy atom. The molecule has 6 heteroatoms. The molecule has 1 saturated heterocycles. The van der Waals surface area contributed by atoms with Gasteiger partial charge in [0.25, 0.3) is 5.56 Å². The number of nitrogens with one attached hydrogen (secondary N) is 3. The fourth-order valence-electron chi connectivity index (χ4n) is 3.76. The van der Waals surface area contributed by atoms with Crippen LogP contribution in [0.1, 0.15) is 16.3 Å². The van der Waals surface area contributed by atoms with Crippen LogP contribution in [0, 0.1) is 13.8 Å². The number of aromatic nitrogens is 2. The first kappa shape index (κ1) is 17.4. The molecule has 0 atom stereocenters. The third kappa shape index (κ3) is 3.32. The Balaban J connectivity index is 1.70. The number of quaternary nitrogens is 2. The van der Waals surface area contributed by atoms with Crippen molar-refractivity contribution < 1.29 is 9.80 Å². The van der Waals surface area contributed by atoms with Gasteiger partial charge in [0.15, 0.2) is 5.82 Å². The second-order valence-corrected chi connectivity index (χ2v) is 8.68. The number of thiophene rings is 1. The Morgan fingerprint density at radius 3 is 2.50 bits per heavy atom. The standard InChI is InChI=1S/C20H24N4OS/c1-13-4-6-15(7-5-13)17-14(2)26-20-18(17)19(25)21-16(22-20)12-24-10-8-23(3)9-11-24/h4-7H,8-12H2,1-3H3,(H,21,22,25)/p+2. The quantitative estimate of drug-likeness (QED) is 0.616. The van der Waals surface area contributed by atoms with E-state index in [9.17, 15) is 4.79 Å². The highest BCUT2D eigenvalue weighted by atomic mass is 32.1. The van der Waals surface area contributed by atoms with Crippen molar-refractivity contribution in [1.82, 2.24) is 9.97 Å². The molecule has 1 aliphatic rings. The third-order valence-electron chi connectivity index (χ3n) is 5.36. The molecule has 0 bridgehead atoms. The van der Waals surface area contributed by atoms with Gasteiger partial charge in [-0.3, -0.25) is 4.79 Å². The van der Waals surface area contributed by atoms with Crippen LogP contribution in [0.15, 0.2) is 29.1 Å². The average Bonchev–Trinajstić information content (AvgIpc) is 2.94. The van der Waals surface area contributed by atoms with Crippen LogP contribution in [0.5, 0.6) is 0 Å². The van der Waals surface area contributed by atoms with E-state index in [-0.39, 0.29) is 5.56 Å². The molecule has 3 N–H and O–H groups in total. The number of nitrogens with zero attached hydrogens (tertiary/aromatic N) is 1. The van der Waals surface area contributed by atoms with Gasteiger partial charge in [0.2, 0.25) is 0 Å².